The second kappa shape index (κ2) is 5.85. The maximum absolute atomic E-state index is 12.8. The molecule has 0 aromatic heterocycles. The van der Waals surface area contributed by atoms with Crippen molar-refractivity contribution in [3.05, 3.63) is 65.5 Å². The van der Waals surface area contributed by atoms with Crippen molar-refractivity contribution in [3.8, 4) is 0 Å². The first kappa shape index (κ1) is 13.6. The first-order valence-electron chi connectivity index (χ1n) is 6.30. The fourth-order valence-electron chi connectivity index (χ4n) is 1.96. The third-order valence-corrected chi connectivity index (χ3v) is 3.15. The van der Waals surface area contributed by atoms with Crippen LogP contribution in [0.3, 0.4) is 0 Å². The van der Waals surface area contributed by atoms with E-state index < -0.39 is 6.10 Å². The lowest BCUT2D eigenvalue weighted by Crippen LogP contribution is -2.16. The maximum Gasteiger partial charge on any atom is 0.123 e. The number of hydrogen-bond acceptors (Lipinski definition) is 2. The normalized spacial score (nSPS) is 12.2. The molecular formula is C16H18FNO. The van der Waals surface area contributed by atoms with Gasteiger partial charge in [-0.3, -0.25) is 0 Å². The average Bonchev–Trinajstić information content (AvgIpc) is 2.41. The molecule has 0 aliphatic rings. The summed E-state index contributed by atoms with van der Waals surface area (Å²) in [6, 6.07) is 14.3. The zero-order chi connectivity index (χ0) is 13.8. The molecule has 0 spiro atoms. The highest BCUT2D eigenvalue weighted by atomic mass is 19.1. The van der Waals surface area contributed by atoms with Crippen molar-refractivity contribution < 1.29 is 9.50 Å². The first-order chi connectivity index (χ1) is 9.06. The van der Waals surface area contributed by atoms with Gasteiger partial charge in [-0.05, 0) is 42.3 Å². The van der Waals surface area contributed by atoms with Gasteiger partial charge < -0.3 is 10.0 Å². The minimum absolute atomic E-state index is 0.215. The number of benzene rings is 2. The van der Waals surface area contributed by atoms with Crippen molar-refractivity contribution in [2.75, 3.05) is 11.9 Å². The second-order valence-corrected chi connectivity index (χ2v) is 4.75. The molecule has 100 valence electrons. The lowest BCUT2D eigenvalue weighted by molar-refractivity contribution is 0.199. The molecule has 0 bridgehead atoms. The number of rotatable bonds is 4. The molecule has 2 aromatic rings. The fourth-order valence-corrected chi connectivity index (χ4v) is 1.96. The van der Waals surface area contributed by atoms with Crippen LogP contribution in [-0.4, -0.2) is 12.2 Å². The van der Waals surface area contributed by atoms with Crippen molar-refractivity contribution in [2.24, 2.45) is 0 Å². The number of halogens is 1. The Morgan fingerprint density at radius 1 is 1.05 bits per heavy atom. The van der Waals surface area contributed by atoms with Crippen molar-refractivity contribution in [1.82, 2.24) is 0 Å². The maximum atomic E-state index is 12.8. The summed E-state index contributed by atoms with van der Waals surface area (Å²) in [7, 11) is 1.99. The number of hydrogen-bond donors (Lipinski definition) is 1. The van der Waals surface area contributed by atoms with Gasteiger partial charge in [-0.25, -0.2) is 4.39 Å². The Bertz CT molecular complexity index is 519. The summed E-state index contributed by atoms with van der Waals surface area (Å²) < 4.78 is 12.8. The molecule has 2 nitrogen and oxygen atoms in total. The van der Waals surface area contributed by atoms with Gasteiger partial charge in [-0.1, -0.05) is 24.3 Å². The summed E-state index contributed by atoms with van der Waals surface area (Å²) in [6.07, 6.45) is -0.448. The number of nitrogens with zero attached hydrogens (tertiary/aromatic N) is 1. The van der Waals surface area contributed by atoms with Crippen molar-refractivity contribution >= 4 is 5.69 Å². The molecule has 1 N–H and O–H groups in total. The predicted octanol–water partition coefficient (Wildman–Crippen LogP) is 3.52. The van der Waals surface area contributed by atoms with E-state index in [1.807, 2.05) is 31.3 Å². The fraction of sp³-hybridized carbons (Fsp3) is 0.250. The van der Waals surface area contributed by atoms with Crippen LogP contribution in [-0.2, 0) is 6.54 Å². The number of aliphatic hydroxyl groups is 1. The molecule has 2 aromatic carbocycles. The van der Waals surface area contributed by atoms with Crippen LogP contribution in [0.1, 0.15) is 24.2 Å². The van der Waals surface area contributed by atoms with Gasteiger partial charge in [-0.2, -0.15) is 0 Å². The highest BCUT2D eigenvalue weighted by Gasteiger charge is 2.04. The van der Waals surface area contributed by atoms with E-state index in [0.29, 0.717) is 6.54 Å². The van der Waals surface area contributed by atoms with E-state index in [1.165, 1.54) is 12.1 Å². The van der Waals surface area contributed by atoms with Crippen LogP contribution in [0.2, 0.25) is 0 Å². The van der Waals surface area contributed by atoms with Gasteiger partial charge >= 0.3 is 0 Å². The van der Waals surface area contributed by atoms with E-state index in [0.717, 1.165) is 16.8 Å². The molecule has 0 amide bonds. The first-order valence-corrected chi connectivity index (χ1v) is 6.30. The third kappa shape index (κ3) is 3.55. The van der Waals surface area contributed by atoms with E-state index in [-0.39, 0.29) is 5.82 Å². The Labute approximate surface area is 113 Å². The van der Waals surface area contributed by atoms with Gasteiger partial charge in [0.2, 0.25) is 0 Å². The smallest absolute Gasteiger partial charge is 0.123 e. The molecule has 0 fully saturated rings. The van der Waals surface area contributed by atoms with Gasteiger partial charge in [-0.15, -0.1) is 0 Å². The molecular weight excluding hydrogens is 241 g/mol. The lowest BCUT2D eigenvalue weighted by Gasteiger charge is -2.20. The third-order valence-electron chi connectivity index (χ3n) is 3.15. The second-order valence-electron chi connectivity index (χ2n) is 4.75. The van der Waals surface area contributed by atoms with Crippen LogP contribution < -0.4 is 4.90 Å². The van der Waals surface area contributed by atoms with E-state index in [2.05, 4.69) is 4.90 Å². The average molecular weight is 259 g/mol. The monoisotopic (exact) mass is 259 g/mol. The molecule has 0 radical (unpaired) electrons. The summed E-state index contributed by atoms with van der Waals surface area (Å²) in [4.78, 5) is 2.08. The highest BCUT2D eigenvalue weighted by Crippen LogP contribution is 2.19. The summed E-state index contributed by atoms with van der Waals surface area (Å²) in [5.74, 6) is -0.215. The molecule has 0 aliphatic heterocycles. The quantitative estimate of drug-likeness (QED) is 0.908. The molecule has 0 unspecified atom stereocenters. The van der Waals surface area contributed by atoms with Crippen LogP contribution in [0.15, 0.2) is 48.5 Å². The van der Waals surface area contributed by atoms with Crippen LogP contribution in [0.5, 0.6) is 0 Å². The number of aliphatic hydroxyl groups excluding tert-OH is 1. The Balaban J connectivity index is 2.07. The molecule has 0 heterocycles. The van der Waals surface area contributed by atoms with E-state index >= 15 is 0 Å². The Morgan fingerprint density at radius 2 is 1.63 bits per heavy atom. The SMILES string of the molecule is C[C@H](O)c1ccc(N(C)Cc2ccc(F)cc2)cc1. The minimum atomic E-state index is -0.448. The van der Waals surface area contributed by atoms with Crippen LogP contribution in [0.25, 0.3) is 0 Å². The van der Waals surface area contributed by atoms with Gasteiger partial charge in [0.05, 0.1) is 6.10 Å². The van der Waals surface area contributed by atoms with Crippen LogP contribution >= 0.6 is 0 Å². The highest BCUT2D eigenvalue weighted by molar-refractivity contribution is 5.47. The standard InChI is InChI=1S/C16H18FNO/c1-12(19)14-5-9-16(10-6-14)18(2)11-13-3-7-15(17)8-4-13/h3-10,12,19H,11H2,1-2H3/t12-/m0/s1. The van der Waals surface area contributed by atoms with Crippen molar-refractivity contribution in [3.63, 3.8) is 0 Å². The Hall–Kier alpha value is -1.87. The van der Waals surface area contributed by atoms with Gasteiger partial charge in [0, 0.05) is 19.3 Å². The molecule has 19 heavy (non-hydrogen) atoms. The molecule has 2 rings (SSSR count). The summed E-state index contributed by atoms with van der Waals surface area (Å²) in [5.41, 5.74) is 3.02. The molecule has 1 atom stereocenters. The molecule has 0 saturated heterocycles. The van der Waals surface area contributed by atoms with E-state index in [1.54, 1.807) is 19.1 Å². The predicted molar refractivity (Wildman–Crippen MR) is 75.6 cm³/mol. The zero-order valence-electron chi connectivity index (χ0n) is 11.2. The van der Waals surface area contributed by atoms with Gasteiger partial charge in [0.15, 0.2) is 0 Å². The van der Waals surface area contributed by atoms with Gasteiger partial charge in [0.1, 0.15) is 5.82 Å². The van der Waals surface area contributed by atoms with Crippen molar-refractivity contribution in [1.29, 1.82) is 0 Å². The van der Waals surface area contributed by atoms with E-state index in [9.17, 15) is 9.50 Å². The van der Waals surface area contributed by atoms with Gasteiger partial charge in [0.25, 0.3) is 0 Å². The molecule has 0 aliphatic carbocycles. The summed E-state index contributed by atoms with van der Waals surface area (Å²) in [6.45, 7) is 2.46. The molecule has 0 saturated carbocycles. The molecule has 3 heteroatoms. The largest absolute Gasteiger partial charge is 0.389 e. The Kier molecular flexibility index (Phi) is 4.17. The van der Waals surface area contributed by atoms with E-state index in [4.69, 9.17) is 0 Å². The topological polar surface area (TPSA) is 23.5 Å². The zero-order valence-corrected chi connectivity index (χ0v) is 11.2. The minimum Gasteiger partial charge on any atom is -0.389 e. The summed E-state index contributed by atoms with van der Waals surface area (Å²) >= 11 is 0. The van der Waals surface area contributed by atoms with Crippen LogP contribution in [0.4, 0.5) is 10.1 Å². The lowest BCUT2D eigenvalue weighted by atomic mass is 10.1. The van der Waals surface area contributed by atoms with Crippen LogP contribution in [0, 0.1) is 5.82 Å². The number of anilines is 1. The Morgan fingerprint density at radius 3 is 2.16 bits per heavy atom. The summed E-state index contributed by atoms with van der Waals surface area (Å²) in [5, 5.41) is 9.47. The van der Waals surface area contributed by atoms with Crippen molar-refractivity contribution in [2.45, 2.75) is 19.6 Å².